The summed E-state index contributed by atoms with van der Waals surface area (Å²) in [6.45, 7) is 4.46. The molecule has 0 atom stereocenters. The average Bonchev–Trinajstić information content (AvgIpc) is 2.33. The second-order valence-electron chi connectivity index (χ2n) is 4.67. The maximum absolute atomic E-state index is 13.1. The van der Waals surface area contributed by atoms with E-state index in [1.54, 1.807) is 6.07 Å². The van der Waals surface area contributed by atoms with E-state index in [0.717, 1.165) is 0 Å². The van der Waals surface area contributed by atoms with E-state index < -0.39 is 11.4 Å². The molecule has 0 spiro atoms. The Morgan fingerprint density at radius 3 is 2.47 bits per heavy atom. The number of carboxylic acids is 1. The van der Waals surface area contributed by atoms with Gasteiger partial charge >= 0.3 is 5.97 Å². The van der Waals surface area contributed by atoms with Gasteiger partial charge in [-0.1, -0.05) is 25.4 Å². The predicted octanol–water partition coefficient (Wildman–Crippen LogP) is 3.46. The zero-order valence-electron chi connectivity index (χ0n) is 11.2. The molecule has 0 aliphatic rings. The predicted molar refractivity (Wildman–Crippen MR) is 73.8 cm³/mol. The van der Waals surface area contributed by atoms with Gasteiger partial charge in [-0.3, -0.25) is 4.79 Å². The maximum Gasteiger partial charge on any atom is 0.310 e. The summed E-state index contributed by atoms with van der Waals surface area (Å²) < 4.78 is 13.1. The first-order chi connectivity index (χ1) is 8.93. The summed E-state index contributed by atoms with van der Waals surface area (Å²) in [6.07, 6.45) is 1.10. The van der Waals surface area contributed by atoms with Crippen molar-refractivity contribution in [2.45, 2.75) is 33.2 Å². The molecule has 0 aliphatic carbocycles. The Kier molecular flexibility index (Phi) is 5.76. The minimum absolute atomic E-state index is 0.340. The zero-order chi connectivity index (χ0) is 14.5. The average molecular weight is 288 g/mol. The monoisotopic (exact) mass is 287 g/mol. The molecule has 0 heterocycles. The van der Waals surface area contributed by atoms with Crippen LogP contribution in [0, 0.1) is 11.2 Å². The Labute approximate surface area is 117 Å². The number of carbonyl (C=O) groups is 1. The number of hydrogen-bond donors (Lipinski definition) is 2. The number of rotatable bonds is 7. The number of halogens is 2. The zero-order valence-corrected chi connectivity index (χ0v) is 11.9. The molecular weight excluding hydrogens is 269 g/mol. The van der Waals surface area contributed by atoms with Crippen LogP contribution in [0.25, 0.3) is 0 Å². The highest BCUT2D eigenvalue weighted by molar-refractivity contribution is 6.30. The Bertz CT molecular complexity index is 427. The molecule has 0 amide bonds. The van der Waals surface area contributed by atoms with Crippen LogP contribution in [0.5, 0.6) is 0 Å². The van der Waals surface area contributed by atoms with Crippen molar-refractivity contribution in [3.05, 3.63) is 34.6 Å². The Morgan fingerprint density at radius 2 is 2.00 bits per heavy atom. The highest BCUT2D eigenvalue weighted by Crippen LogP contribution is 2.25. The molecule has 0 aliphatic heterocycles. The van der Waals surface area contributed by atoms with Crippen LogP contribution in [0.1, 0.15) is 32.3 Å². The number of benzene rings is 1. The fourth-order valence-electron chi connectivity index (χ4n) is 2.04. The van der Waals surface area contributed by atoms with Gasteiger partial charge in [0.2, 0.25) is 0 Å². The molecule has 5 heteroatoms. The van der Waals surface area contributed by atoms with Gasteiger partial charge in [0.15, 0.2) is 0 Å². The normalized spacial score (nSPS) is 11.6. The standard InChI is InChI=1S/C14H19ClFNO2/c1-3-14(4-2,13(18)19)9-17-8-10-5-11(15)7-12(16)6-10/h5-7,17H,3-4,8-9H2,1-2H3,(H,18,19). The van der Waals surface area contributed by atoms with Crippen molar-refractivity contribution < 1.29 is 14.3 Å². The molecule has 1 rings (SSSR count). The Hall–Kier alpha value is -1.13. The minimum atomic E-state index is -0.803. The van der Waals surface area contributed by atoms with Crippen LogP contribution in [0.15, 0.2) is 18.2 Å². The van der Waals surface area contributed by atoms with Crippen molar-refractivity contribution >= 4 is 17.6 Å². The van der Waals surface area contributed by atoms with Crippen molar-refractivity contribution in [1.82, 2.24) is 5.32 Å². The highest BCUT2D eigenvalue weighted by Gasteiger charge is 2.34. The first kappa shape index (κ1) is 15.9. The van der Waals surface area contributed by atoms with Gasteiger partial charge < -0.3 is 10.4 Å². The highest BCUT2D eigenvalue weighted by atomic mass is 35.5. The SMILES string of the molecule is CCC(CC)(CNCc1cc(F)cc(Cl)c1)C(=O)O. The summed E-state index contributed by atoms with van der Waals surface area (Å²) in [5, 5.41) is 12.7. The molecule has 0 radical (unpaired) electrons. The molecule has 0 bridgehead atoms. The van der Waals surface area contributed by atoms with Crippen LogP contribution in [0.3, 0.4) is 0 Å². The molecule has 0 unspecified atom stereocenters. The molecule has 2 N–H and O–H groups in total. The molecule has 0 fully saturated rings. The first-order valence-electron chi connectivity index (χ1n) is 6.32. The topological polar surface area (TPSA) is 49.3 Å². The lowest BCUT2D eigenvalue weighted by Gasteiger charge is -2.27. The lowest BCUT2D eigenvalue weighted by atomic mass is 9.82. The molecule has 0 aromatic heterocycles. The van der Waals surface area contributed by atoms with Crippen LogP contribution in [-0.2, 0) is 11.3 Å². The van der Waals surface area contributed by atoms with Crippen molar-refractivity contribution in [2.75, 3.05) is 6.54 Å². The van der Waals surface area contributed by atoms with Gasteiger partial charge in [0.25, 0.3) is 0 Å². The maximum atomic E-state index is 13.1. The molecule has 1 aromatic carbocycles. The fraction of sp³-hybridized carbons (Fsp3) is 0.500. The lowest BCUT2D eigenvalue weighted by molar-refractivity contribution is -0.149. The van der Waals surface area contributed by atoms with Gasteiger partial charge in [0.1, 0.15) is 5.82 Å². The minimum Gasteiger partial charge on any atom is -0.481 e. The Balaban J connectivity index is 2.64. The van der Waals surface area contributed by atoms with E-state index in [1.165, 1.54) is 12.1 Å². The summed E-state index contributed by atoms with van der Waals surface area (Å²) in [7, 11) is 0. The molecule has 19 heavy (non-hydrogen) atoms. The second-order valence-corrected chi connectivity index (χ2v) is 5.11. The molecular formula is C14H19ClFNO2. The van der Waals surface area contributed by atoms with Crippen LogP contribution < -0.4 is 5.32 Å². The molecule has 0 saturated heterocycles. The van der Waals surface area contributed by atoms with Crippen molar-refractivity contribution in [3.63, 3.8) is 0 Å². The second kappa shape index (κ2) is 6.87. The van der Waals surface area contributed by atoms with Gasteiger partial charge in [-0.15, -0.1) is 0 Å². The fourth-order valence-corrected chi connectivity index (χ4v) is 2.28. The number of nitrogens with one attached hydrogen (secondary N) is 1. The van der Waals surface area contributed by atoms with Crippen LogP contribution in [0.4, 0.5) is 4.39 Å². The van der Waals surface area contributed by atoms with Gasteiger partial charge in [-0.05, 0) is 36.6 Å². The van der Waals surface area contributed by atoms with E-state index in [2.05, 4.69) is 5.32 Å². The lowest BCUT2D eigenvalue weighted by Crippen LogP contribution is -2.40. The third kappa shape index (κ3) is 4.18. The van der Waals surface area contributed by atoms with Crippen molar-refractivity contribution in [3.8, 4) is 0 Å². The number of carboxylic acid groups (broad SMARTS) is 1. The summed E-state index contributed by atoms with van der Waals surface area (Å²) in [5.74, 6) is -1.19. The smallest absolute Gasteiger partial charge is 0.310 e. The van der Waals surface area contributed by atoms with Crippen LogP contribution in [-0.4, -0.2) is 17.6 Å². The summed E-state index contributed by atoms with van der Waals surface area (Å²) in [6, 6.07) is 4.29. The number of aliphatic carboxylic acids is 1. The number of hydrogen-bond acceptors (Lipinski definition) is 2. The van der Waals surface area contributed by atoms with E-state index in [1.807, 2.05) is 13.8 Å². The van der Waals surface area contributed by atoms with Crippen molar-refractivity contribution in [2.24, 2.45) is 5.41 Å². The van der Waals surface area contributed by atoms with E-state index in [0.29, 0.717) is 36.5 Å². The largest absolute Gasteiger partial charge is 0.481 e. The van der Waals surface area contributed by atoms with E-state index in [4.69, 9.17) is 11.6 Å². The van der Waals surface area contributed by atoms with Crippen molar-refractivity contribution in [1.29, 1.82) is 0 Å². The Morgan fingerprint density at radius 1 is 1.37 bits per heavy atom. The summed E-state index contributed by atoms with van der Waals surface area (Å²) >= 11 is 5.76. The van der Waals surface area contributed by atoms with E-state index in [9.17, 15) is 14.3 Å². The summed E-state index contributed by atoms with van der Waals surface area (Å²) in [5.41, 5.74) is -0.0617. The molecule has 106 valence electrons. The molecule has 1 aromatic rings. The van der Waals surface area contributed by atoms with Crippen LogP contribution >= 0.6 is 11.6 Å². The van der Waals surface area contributed by atoms with Gasteiger partial charge in [0, 0.05) is 18.1 Å². The third-order valence-corrected chi connectivity index (χ3v) is 3.74. The van der Waals surface area contributed by atoms with Crippen LogP contribution in [0.2, 0.25) is 5.02 Å². The first-order valence-corrected chi connectivity index (χ1v) is 6.70. The van der Waals surface area contributed by atoms with E-state index >= 15 is 0 Å². The quantitative estimate of drug-likeness (QED) is 0.807. The third-order valence-electron chi connectivity index (χ3n) is 3.52. The van der Waals surface area contributed by atoms with Gasteiger partial charge in [0.05, 0.1) is 5.41 Å². The van der Waals surface area contributed by atoms with Gasteiger partial charge in [-0.25, -0.2) is 4.39 Å². The van der Waals surface area contributed by atoms with E-state index in [-0.39, 0.29) is 5.82 Å². The molecule has 0 saturated carbocycles. The summed E-state index contributed by atoms with van der Waals surface area (Å²) in [4.78, 5) is 11.3. The van der Waals surface area contributed by atoms with Gasteiger partial charge in [-0.2, -0.15) is 0 Å². The molecule has 3 nitrogen and oxygen atoms in total.